The van der Waals surface area contributed by atoms with E-state index in [2.05, 4.69) is 34.4 Å². The minimum Gasteiger partial charge on any atom is -0.496 e. The molecular formula is C20H28N4O5S. The number of ether oxygens (including phenoxy) is 3. The molecule has 1 aromatic heterocycles. The molecule has 0 aliphatic heterocycles. The zero-order chi connectivity index (χ0) is 22.1. The van der Waals surface area contributed by atoms with Gasteiger partial charge < -0.3 is 24.4 Å². The van der Waals surface area contributed by atoms with Crippen molar-refractivity contribution in [1.29, 1.82) is 0 Å². The molecular weight excluding hydrogens is 408 g/mol. The highest BCUT2D eigenvalue weighted by Gasteiger charge is 2.19. The van der Waals surface area contributed by atoms with E-state index in [4.69, 9.17) is 14.2 Å². The lowest BCUT2D eigenvalue weighted by atomic mass is 10.1. The number of nitrogens with one attached hydrogen (secondary N) is 2. The lowest BCUT2D eigenvalue weighted by molar-refractivity contribution is 0.0943. The van der Waals surface area contributed by atoms with Crippen LogP contribution in [0.25, 0.3) is 0 Å². The van der Waals surface area contributed by atoms with Crippen LogP contribution in [0.2, 0.25) is 0 Å². The number of likely N-dealkylation sites (N-methyl/N-ethyl adjacent to an activating group) is 1. The molecule has 164 valence electrons. The number of benzene rings is 1. The third-order valence-electron chi connectivity index (χ3n) is 4.52. The number of nitrogens with zero attached hydrogens (tertiary/aromatic N) is 2. The Kier molecular flexibility index (Phi) is 8.88. The van der Waals surface area contributed by atoms with Crippen molar-refractivity contribution in [2.24, 2.45) is 0 Å². The highest BCUT2D eigenvalue weighted by atomic mass is 32.1. The van der Waals surface area contributed by atoms with Crippen molar-refractivity contribution in [2.45, 2.75) is 13.8 Å². The number of aromatic nitrogens is 1. The van der Waals surface area contributed by atoms with Crippen molar-refractivity contribution in [1.82, 2.24) is 15.2 Å². The van der Waals surface area contributed by atoms with E-state index in [9.17, 15) is 9.59 Å². The van der Waals surface area contributed by atoms with Gasteiger partial charge in [0.15, 0.2) is 16.6 Å². The second-order valence-corrected chi connectivity index (χ2v) is 7.04. The molecule has 9 nitrogen and oxygen atoms in total. The molecule has 0 aliphatic carbocycles. The van der Waals surface area contributed by atoms with E-state index < -0.39 is 5.91 Å². The fourth-order valence-corrected chi connectivity index (χ4v) is 3.45. The molecule has 0 spiro atoms. The van der Waals surface area contributed by atoms with Crippen molar-refractivity contribution in [3.63, 3.8) is 0 Å². The standard InChI is InChI=1S/C20H28N4O5S/c1-6-24(7-2)9-8-21-19(26)14-12-30-20(22-14)23-18(25)13-10-16(28-4)17(29-5)11-15(13)27-3/h10-12H,6-9H2,1-5H3,(H,21,26)(H,22,23,25). The van der Waals surface area contributed by atoms with Crippen molar-refractivity contribution in [3.05, 3.63) is 28.8 Å². The molecule has 0 saturated heterocycles. The Hall–Kier alpha value is -2.85. The number of carbonyl (C=O) groups is 2. The number of thiazole rings is 1. The van der Waals surface area contributed by atoms with E-state index in [1.807, 2.05) is 0 Å². The van der Waals surface area contributed by atoms with E-state index in [1.165, 1.54) is 38.7 Å². The van der Waals surface area contributed by atoms with Crippen molar-refractivity contribution in [3.8, 4) is 17.2 Å². The topological polar surface area (TPSA) is 102 Å². The predicted octanol–water partition coefficient (Wildman–Crippen LogP) is 2.49. The second kappa shape index (κ2) is 11.4. The molecule has 1 aromatic carbocycles. The predicted molar refractivity (Wildman–Crippen MR) is 116 cm³/mol. The maximum absolute atomic E-state index is 12.7. The van der Waals surface area contributed by atoms with Crippen molar-refractivity contribution in [2.75, 3.05) is 52.8 Å². The van der Waals surface area contributed by atoms with Crippen LogP contribution in [0.1, 0.15) is 34.7 Å². The Morgan fingerprint density at radius 2 is 1.63 bits per heavy atom. The lowest BCUT2D eigenvalue weighted by Crippen LogP contribution is -2.34. The molecule has 2 N–H and O–H groups in total. The maximum Gasteiger partial charge on any atom is 0.270 e. The fourth-order valence-electron chi connectivity index (χ4n) is 2.76. The summed E-state index contributed by atoms with van der Waals surface area (Å²) >= 11 is 1.17. The third kappa shape index (κ3) is 5.83. The highest BCUT2D eigenvalue weighted by molar-refractivity contribution is 7.14. The quantitative estimate of drug-likeness (QED) is 0.558. The van der Waals surface area contributed by atoms with Gasteiger partial charge in [-0.2, -0.15) is 0 Å². The monoisotopic (exact) mass is 436 g/mol. The zero-order valence-corrected chi connectivity index (χ0v) is 18.7. The van der Waals surface area contributed by atoms with Crippen molar-refractivity contribution < 1.29 is 23.8 Å². The van der Waals surface area contributed by atoms with Crippen molar-refractivity contribution >= 4 is 28.3 Å². The number of hydrogen-bond donors (Lipinski definition) is 2. The maximum atomic E-state index is 12.7. The number of amides is 2. The number of anilines is 1. The number of rotatable bonds is 11. The van der Waals surface area contributed by atoms with Crippen LogP contribution in [-0.2, 0) is 0 Å². The number of methoxy groups -OCH3 is 3. The third-order valence-corrected chi connectivity index (χ3v) is 5.27. The average molecular weight is 437 g/mol. The normalized spacial score (nSPS) is 10.6. The van der Waals surface area contributed by atoms with Crippen LogP contribution >= 0.6 is 11.3 Å². The van der Waals surface area contributed by atoms with E-state index in [0.717, 1.165) is 19.6 Å². The first kappa shape index (κ1) is 23.4. The van der Waals surface area contributed by atoms with Crippen LogP contribution in [0.5, 0.6) is 17.2 Å². The van der Waals surface area contributed by atoms with Gasteiger partial charge in [-0.25, -0.2) is 4.98 Å². The van der Waals surface area contributed by atoms with Crippen LogP contribution in [0.4, 0.5) is 5.13 Å². The van der Waals surface area contributed by atoms with Crippen LogP contribution in [0.3, 0.4) is 0 Å². The van der Waals surface area contributed by atoms with Gasteiger partial charge in [0.05, 0.1) is 26.9 Å². The largest absolute Gasteiger partial charge is 0.496 e. The second-order valence-electron chi connectivity index (χ2n) is 6.18. The van der Waals surface area contributed by atoms with Crippen LogP contribution in [0.15, 0.2) is 17.5 Å². The molecule has 30 heavy (non-hydrogen) atoms. The molecule has 0 fully saturated rings. The molecule has 0 saturated carbocycles. The Balaban J connectivity index is 2.05. The first-order valence-corrected chi connectivity index (χ1v) is 10.4. The first-order valence-electron chi connectivity index (χ1n) is 9.54. The van der Waals surface area contributed by atoms with E-state index in [1.54, 1.807) is 11.4 Å². The SMILES string of the molecule is CCN(CC)CCNC(=O)c1csc(NC(=O)c2cc(OC)c(OC)cc2OC)n1. The summed E-state index contributed by atoms with van der Waals surface area (Å²) < 4.78 is 15.8. The van der Waals surface area contributed by atoms with Gasteiger partial charge >= 0.3 is 0 Å². The molecule has 2 aromatic rings. The van der Waals surface area contributed by atoms with Gasteiger partial charge in [0.25, 0.3) is 11.8 Å². The van der Waals surface area contributed by atoms with Gasteiger partial charge in [-0.05, 0) is 13.1 Å². The number of carbonyl (C=O) groups excluding carboxylic acids is 2. The lowest BCUT2D eigenvalue weighted by Gasteiger charge is -2.17. The van der Waals surface area contributed by atoms with Gasteiger partial charge in [0.2, 0.25) is 0 Å². The summed E-state index contributed by atoms with van der Waals surface area (Å²) in [4.78, 5) is 31.4. The molecule has 0 bridgehead atoms. The van der Waals surface area contributed by atoms with E-state index in [-0.39, 0.29) is 17.2 Å². The fraction of sp³-hybridized carbons (Fsp3) is 0.450. The van der Waals surface area contributed by atoms with Gasteiger partial charge in [0.1, 0.15) is 11.4 Å². The summed E-state index contributed by atoms with van der Waals surface area (Å²) in [6, 6.07) is 3.10. The first-order chi connectivity index (χ1) is 14.5. The molecule has 0 aliphatic rings. The Morgan fingerprint density at radius 3 is 2.23 bits per heavy atom. The Morgan fingerprint density at radius 1 is 1.00 bits per heavy atom. The molecule has 10 heteroatoms. The van der Waals surface area contributed by atoms with Gasteiger partial charge in [-0.15, -0.1) is 11.3 Å². The molecule has 0 unspecified atom stereocenters. The van der Waals surface area contributed by atoms with E-state index in [0.29, 0.717) is 28.9 Å². The summed E-state index contributed by atoms with van der Waals surface area (Å²) in [6.07, 6.45) is 0. The average Bonchev–Trinajstić information content (AvgIpc) is 3.24. The summed E-state index contributed by atoms with van der Waals surface area (Å²) in [5, 5.41) is 7.45. The molecule has 2 amide bonds. The number of hydrogen-bond acceptors (Lipinski definition) is 8. The zero-order valence-electron chi connectivity index (χ0n) is 17.9. The summed E-state index contributed by atoms with van der Waals surface area (Å²) in [5.74, 6) is 0.467. The summed E-state index contributed by atoms with van der Waals surface area (Å²) in [5.41, 5.74) is 0.518. The van der Waals surface area contributed by atoms with Gasteiger partial charge in [0, 0.05) is 30.6 Å². The molecule has 0 atom stereocenters. The van der Waals surface area contributed by atoms with Gasteiger partial charge in [-0.1, -0.05) is 13.8 Å². The Bertz CT molecular complexity index is 867. The Labute approximate surface area is 180 Å². The minimum absolute atomic E-state index is 0.258. The summed E-state index contributed by atoms with van der Waals surface area (Å²) in [6.45, 7) is 7.31. The molecule has 1 heterocycles. The van der Waals surface area contributed by atoms with Gasteiger partial charge in [-0.3, -0.25) is 14.9 Å². The highest BCUT2D eigenvalue weighted by Crippen LogP contribution is 2.35. The van der Waals surface area contributed by atoms with Crippen LogP contribution in [0, 0.1) is 0 Å². The minimum atomic E-state index is -0.435. The molecule has 2 rings (SSSR count). The van der Waals surface area contributed by atoms with Crippen LogP contribution < -0.4 is 24.8 Å². The molecule has 0 radical (unpaired) electrons. The van der Waals surface area contributed by atoms with Crippen LogP contribution in [-0.4, -0.2) is 69.2 Å². The summed E-state index contributed by atoms with van der Waals surface area (Å²) in [7, 11) is 4.45. The smallest absolute Gasteiger partial charge is 0.270 e. The van der Waals surface area contributed by atoms with E-state index >= 15 is 0 Å².